The fraction of sp³-hybridized carbons (Fsp3) is 0.765. The van der Waals surface area contributed by atoms with Crippen molar-refractivity contribution in [2.45, 2.75) is 57.9 Å². The fourth-order valence-corrected chi connectivity index (χ4v) is 3.92. The van der Waals surface area contributed by atoms with Crippen molar-refractivity contribution in [2.24, 2.45) is 0 Å². The van der Waals surface area contributed by atoms with Crippen LogP contribution in [0.1, 0.15) is 56.2 Å². The van der Waals surface area contributed by atoms with Crippen LogP contribution in [0.2, 0.25) is 0 Å². The molecule has 1 amide bonds. The minimum atomic E-state index is 0.324. The molecule has 2 fully saturated rings. The maximum atomic E-state index is 12.5. The number of aromatic amines is 1. The zero-order valence-electron chi connectivity index (χ0n) is 13.8. The first-order chi connectivity index (χ1) is 10.6. The highest BCUT2D eigenvalue weighted by atomic mass is 16.2. The molecule has 3 rings (SSSR count). The lowest BCUT2D eigenvalue weighted by Gasteiger charge is -2.37. The van der Waals surface area contributed by atoms with E-state index in [-0.39, 0.29) is 0 Å². The highest BCUT2D eigenvalue weighted by Gasteiger charge is 2.27. The summed E-state index contributed by atoms with van der Waals surface area (Å²) in [5.41, 5.74) is 2.55. The molecule has 0 spiro atoms. The lowest BCUT2D eigenvalue weighted by Crippen LogP contribution is -2.48. The van der Waals surface area contributed by atoms with Gasteiger partial charge in [0, 0.05) is 18.3 Å². The van der Waals surface area contributed by atoms with Gasteiger partial charge >= 0.3 is 0 Å². The van der Waals surface area contributed by atoms with Crippen molar-refractivity contribution in [1.29, 1.82) is 0 Å². The molecule has 2 aliphatic rings. The van der Waals surface area contributed by atoms with Crippen molar-refractivity contribution in [1.82, 2.24) is 20.0 Å². The van der Waals surface area contributed by atoms with Crippen LogP contribution < -0.4 is 0 Å². The van der Waals surface area contributed by atoms with E-state index in [0.717, 1.165) is 45.3 Å². The number of likely N-dealkylation sites (tertiary alicyclic amines) is 2. The molecule has 2 aliphatic heterocycles. The Morgan fingerprint density at radius 1 is 1.27 bits per heavy atom. The van der Waals surface area contributed by atoms with Crippen molar-refractivity contribution in [3.63, 3.8) is 0 Å². The average molecular weight is 304 g/mol. The van der Waals surface area contributed by atoms with Crippen LogP contribution in [-0.4, -0.2) is 58.1 Å². The van der Waals surface area contributed by atoms with Gasteiger partial charge < -0.3 is 4.90 Å². The fourth-order valence-electron chi connectivity index (χ4n) is 3.92. The zero-order valence-corrected chi connectivity index (χ0v) is 13.8. The minimum Gasteiger partial charge on any atom is -0.339 e. The average Bonchev–Trinajstić information content (AvgIpc) is 2.94. The number of aromatic nitrogens is 2. The molecule has 1 N–H and O–H groups in total. The summed E-state index contributed by atoms with van der Waals surface area (Å²) in [5, 5.41) is 7.17. The molecule has 5 nitrogen and oxygen atoms in total. The van der Waals surface area contributed by atoms with Crippen molar-refractivity contribution in [3.8, 4) is 0 Å². The molecule has 122 valence electrons. The second-order valence-electron chi connectivity index (χ2n) is 6.93. The summed E-state index contributed by atoms with van der Waals surface area (Å²) < 4.78 is 0. The number of aryl methyl sites for hydroxylation is 1. The van der Waals surface area contributed by atoms with E-state index in [1.54, 1.807) is 0 Å². The first-order valence-corrected chi connectivity index (χ1v) is 8.67. The van der Waals surface area contributed by atoms with Gasteiger partial charge in [-0.3, -0.25) is 14.8 Å². The largest absolute Gasteiger partial charge is 0.339 e. The quantitative estimate of drug-likeness (QED) is 0.932. The highest BCUT2D eigenvalue weighted by molar-refractivity contribution is 5.78. The first kappa shape index (κ1) is 15.5. The van der Waals surface area contributed by atoms with Crippen LogP contribution in [0.4, 0.5) is 0 Å². The number of nitrogens with zero attached hydrogens (tertiary/aromatic N) is 3. The van der Waals surface area contributed by atoms with Gasteiger partial charge in [0.1, 0.15) is 0 Å². The van der Waals surface area contributed by atoms with E-state index in [1.165, 1.54) is 17.7 Å². The number of H-pyrrole nitrogens is 1. The van der Waals surface area contributed by atoms with E-state index in [4.69, 9.17) is 0 Å². The Morgan fingerprint density at radius 3 is 2.68 bits per heavy atom. The van der Waals surface area contributed by atoms with Gasteiger partial charge in [-0.05, 0) is 70.5 Å². The second kappa shape index (κ2) is 6.82. The number of hydrogen-bond acceptors (Lipinski definition) is 3. The molecular weight excluding hydrogens is 276 g/mol. The van der Waals surface area contributed by atoms with Gasteiger partial charge in [-0.25, -0.2) is 0 Å². The number of piperidine rings is 2. The van der Waals surface area contributed by atoms with E-state index >= 15 is 0 Å². The summed E-state index contributed by atoms with van der Waals surface area (Å²) >= 11 is 0. The summed E-state index contributed by atoms with van der Waals surface area (Å²) in [7, 11) is 0. The van der Waals surface area contributed by atoms with Crippen LogP contribution in [0.25, 0.3) is 0 Å². The molecule has 3 heterocycles. The van der Waals surface area contributed by atoms with Crippen LogP contribution in [0, 0.1) is 6.92 Å². The minimum absolute atomic E-state index is 0.324. The Kier molecular flexibility index (Phi) is 4.81. The Labute approximate surface area is 133 Å². The maximum Gasteiger partial charge on any atom is 0.236 e. The molecule has 2 saturated heterocycles. The number of amides is 1. The van der Waals surface area contributed by atoms with Crippen LogP contribution >= 0.6 is 0 Å². The highest BCUT2D eigenvalue weighted by Crippen LogP contribution is 2.29. The van der Waals surface area contributed by atoms with Gasteiger partial charge in [-0.1, -0.05) is 0 Å². The van der Waals surface area contributed by atoms with E-state index in [9.17, 15) is 4.79 Å². The molecule has 1 aromatic rings. The number of carbonyl (C=O) groups excluding carboxylic acids is 1. The van der Waals surface area contributed by atoms with Crippen LogP contribution in [0.3, 0.4) is 0 Å². The summed E-state index contributed by atoms with van der Waals surface area (Å²) in [6, 6.07) is 0.423. The lowest BCUT2D eigenvalue weighted by molar-refractivity contribution is -0.135. The molecule has 0 radical (unpaired) electrons. The Hall–Kier alpha value is -1.36. The second-order valence-corrected chi connectivity index (χ2v) is 6.93. The van der Waals surface area contributed by atoms with Crippen LogP contribution in [0.5, 0.6) is 0 Å². The molecule has 1 unspecified atom stereocenters. The molecular formula is C17H28N4O. The summed E-state index contributed by atoms with van der Waals surface area (Å²) in [6.07, 6.45) is 7.81. The normalized spacial score (nSPS) is 24.6. The maximum absolute atomic E-state index is 12.5. The summed E-state index contributed by atoms with van der Waals surface area (Å²) in [6.45, 7) is 7.86. The zero-order chi connectivity index (χ0) is 15.5. The van der Waals surface area contributed by atoms with Gasteiger partial charge in [-0.15, -0.1) is 0 Å². The van der Waals surface area contributed by atoms with Gasteiger partial charge in [-0.2, -0.15) is 5.10 Å². The third-order valence-electron chi connectivity index (χ3n) is 5.38. The third kappa shape index (κ3) is 3.35. The number of carbonyl (C=O) groups is 1. The molecule has 1 atom stereocenters. The molecule has 0 aliphatic carbocycles. The predicted octanol–water partition coefficient (Wildman–Crippen LogP) is 2.30. The lowest BCUT2D eigenvalue weighted by atomic mass is 9.90. The number of nitrogens with one attached hydrogen (secondary N) is 1. The van der Waals surface area contributed by atoms with E-state index in [2.05, 4.69) is 33.8 Å². The van der Waals surface area contributed by atoms with E-state index < -0.39 is 0 Å². The molecule has 0 saturated carbocycles. The molecule has 1 aromatic heterocycles. The monoisotopic (exact) mass is 304 g/mol. The SMILES string of the molecule is Cc1[nH]ncc1C1CCN(CC(=O)N2CCCCC2C)CC1. The molecule has 5 heteroatoms. The van der Waals surface area contributed by atoms with Crippen LogP contribution in [-0.2, 0) is 4.79 Å². The standard InChI is InChI=1S/C17H28N4O/c1-13-5-3-4-8-21(13)17(22)12-20-9-6-15(7-10-20)16-11-18-19-14(16)2/h11,13,15H,3-10,12H2,1-2H3,(H,18,19). The first-order valence-electron chi connectivity index (χ1n) is 8.67. The van der Waals surface area contributed by atoms with Gasteiger partial charge in [0.15, 0.2) is 0 Å². The number of rotatable bonds is 3. The summed E-state index contributed by atoms with van der Waals surface area (Å²) in [4.78, 5) is 16.9. The summed E-state index contributed by atoms with van der Waals surface area (Å²) in [5.74, 6) is 0.921. The van der Waals surface area contributed by atoms with E-state index in [0.29, 0.717) is 24.4 Å². The Morgan fingerprint density at radius 2 is 2.05 bits per heavy atom. The van der Waals surface area contributed by atoms with Crippen molar-refractivity contribution in [3.05, 3.63) is 17.5 Å². The smallest absolute Gasteiger partial charge is 0.236 e. The molecule has 22 heavy (non-hydrogen) atoms. The Balaban J connectivity index is 1.49. The Bertz CT molecular complexity index is 505. The topological polar surface area (TPSA) is 52.2 Å². The third-order valence-corrected chi connectivity index (χ3v) is 5.38. The van der Waals surface area contributed by atoms with Gasteiger partial charge in [0.25, 0.3) is 0 Å². The van der Waals surface area contributed by atoms with Gasteiger partial charge in [0.05, 0.1) is 12.7 Å². The van der Waals surface area contributed by atoms with Crippen molar-refractivity contribution in [2.75, 3.05) is 26.2 Å². The number of hydrogen-bond donors (Lipinski definition) is 1. The van der Waals surface area contributed by atoms with Crippen molar-refractivity contribution >= 4 is 5.91 Å². The van der Waals surface area contributed by atoms with Crippen molar-refractivity contribution < 1.29 is 4.79 Å². The van der Waals surface area contributed by atoms with Gasteiger partial charge in [0.2, 0.25) is 5.91 Å². The molecule has 0 bridgehead atoms. The van der Waals surface area contributed by atoms with E-state index in [1.807, 2.05) is 6.20 Å². The van der Waals surface area contributed by atoms with Crippen LogP contribution in [0.15, 0.2) is 6.20 Å². The predicted molar refractivity (Wildman–Crippen MR) is 86.8 cm³/mol. The molecule has 0 aromatic carbocycles.